The van der Waals surface area contributed by atoms with Gasteiger partial charge in [0.25, 0.3) is 15.9 Å². The van der Waals surface area contributed by atoms with Crippen molar-refractivity contribution in [3.63, 3.8) is 0 Å². The molecular weight excluding hydrogens is 488 g/mol. The van der Waals surface area contributed by atoms with Crippen molar-refractivity contribution in [1.82, 2.24) is 19.1 Å². The van der Waals surface area contributed by atoms with Gasteiger partial charge in [-0.2, -0.15) is 4.31 Å². The van der Waals surface area contributed by atoms with Crippen molar-refractivity contribution >= 4 is 60.3 Å². The monoisotopic (exact) mass is 510 g/mol. The van der Waals surface area contributed by atoms with E-state index >= 15 is 0 Å². The van der Waals surface area contributed by atoms with Gasteiger partial charge in [0.2, 0.25) is 0 Å². The highest BCUT2D eigenvalue weighted by atomic mass is 35.5. The first kappa shape index (κ1) is 22.2. The van der Waals surface area contributed by atoms with Gasteiger partial charge in [0.05, 0.1) is 0 Å². The standard InChI is InChI=1S/C21H23ClN4O3S3/c1-24-5-4-15(13-24)18-12-23-20(31-18)21(27)25-6-8-26(9-7-25)32(28,29)19-10-14-2-3-16(22)11-17(14)30-19/h2-3,10-12,15H,4-9,13H2,1H3. The number of thiazole rings is 1. The molecule has 0 spiro atoms. The second-order valence-electron chi connectivity index (χ2n) is 8.26. The van der Waals surface area contributed by atoms with Crippen molar-refractivity contribution in [3.05, 3.63) is 45.4 Å². The highest BCUT2D eigenvalue weighted by Crippen LogP contribution is 2.34. The molecule has 2 aliphatic rings. The molecule has 11 heteroatoms. The molecule has 2 aliphatic heterocycles. The molecule has 1 atom stereocenters. The fraction of sp³-hybridized carbons (Fsp3) is 0.429. The average Bonchev–Trinajstić information content (AvgIpc) is 3.52. The third-order valence-electron chi connectivity index (χ3n) is 6.08. The van der Waals surface area contributed by atoms with Crippen LogP contribution in [0, 0.1) is 0 Å². The second kappa shape index (κ2) is 8.66. The van der Waals surface area contributed by atoms with E-state index in [9.17, 15) is 13.2 Å². The maximum Gasteiger partial charge on any atom is 0.282 e. The quantitative estimate of drug-likeness (QED) is 0.536. The molecule has 2 aromatic heterocycles. The molecule has 0 aliphatic carbocycles. The minimum atomic E-state index is -3.61. The number of benzene rings is 1. The van der Waals surface area contributed by atoms with Gasteiger partial charge in [0.15, 0.2) is 5.01 Å². The van der Waals surface area contributed by atoms with E-state index in [1.54, 1.807) is 23.1 Å². The Morgan fingerprint density at radius 1 is 1.12 bits per heavy atom. The predicted octanol–water partition coefficient (Wildman–Crippen LogP) is 3.58. The first-order valence-corrected chi connectivity index (χ1v) is 13.9. The number of thiophene rings is 1. The number of likely N-dealkylation sites (N-methyl/N-ethyl adjacent to an activating group) is 1. The van der Waals surface area contributed by atoms with Crippen LogP contribution in [0.3, 0.4) is 0 Å². The van der Waals surface area contributed by atoms with Crippen LogP contribution in [-0.4, -0.2) is 79.7 Å². The lowest BCUT2D eigenvalue weighted by Crippen LogP contribution is -2.50. The summed E-state index contributed by atoms with van der Waals surface area (Å²) in [5.41, 5.74) is 0. The van der Waals surface area contributed by atoms with Crippen LogP contribution in [0.4, 0.5) is 0 Å². The van der Waals surface area contributed by atoms with Crippen LogP contribution in [0.25, 0.3) is 10.1 Å². The molecule has 32 heavy (non-hydrogen) atoms. The second-order valence-corrected chi connectivity index (χ2v) is 13.0. The molecule has 2 saturated heterocycles. The van der Waals surface area contributed by atoms with Crippen LogP contribution < -0.4 is 0 Å². The number of halogens is 1. The number of aromatic nitrogens is 1. The van der Waals surface area contributed by atoms with Crippen LogP contribution >= 0.6 is 34.3 Å². The predicted molar refractivity (Wildman–Crippen MR) is 128 cm³/mol. The smallest absolute Gasteiger partial charge is 0.282 e. The molecule has 4 heterocycles. The summed E-state index contributed by atoms with van der Waals surface area (Å²) in [6, 6.07) is 7.06. The van der Waals surface area contributed by atoms with Gasteiger partial charge in [-0.15, -0.1) is 22.7 Å². The number of rotatable bonds is 4. The summed E-state index contributed by atoms with van der Waals surface area (Å²) in [5.74, 6) is 0.332. The number of carbonyl (C=O) groups excluding carboxylic acids is 1. The molecule has 1 aromatic carbocycles. The number of nitrogens with zero attached hydrogens (tertiary/aromatic N) is 4. The van der Waals surface area contributed by atoms with Gasteiger partial charge in [0.1, 0.15) is 4.21 Å². The Morgan fingerprint density at radius 2 is 1.91 bits per heavy atom. The van der Waals surface area contributed by atoms with Gasteiger partial charge in [-0.3, -0.25) is 4.79 Å². The number of sulfonamides is 1. The van der Waals surface area contributed by atoms with Crippen molar-refractivity contribution in [2.24, 2.45) is 0 Å². The molecule has 1 unspecified atom stereocenters. The van der Waals surface area contributed by atoms with E-state index < -0.39 is 10.0 Å². The van der Waals surface area contributed by atoms with Gasteiger partial charge in [-0.25, -0.2) is 13.4 Å². The molecule has 0 radical (unpaired) electrons. The lowest BCUT2D eigenvalue weighted by molar-refractivity contribution is 0.0697. The minimum absolute atomic E-state index is 0.110. The van der Waals surface area contributed by atoms with Crippen LogP contribution in [0.2, 0.25) is 5.02 Å². The maximum atomic E-state index is 13.2. The van der Waals surface area contributed by atoms with E-state index in [1.165, 1.54) is 27.0 Å². The summed E-state index contributed by atoms with van der Waals surface area (Å²) in [4.78, 5) is 22.5. The van der Waals surface area contributed by atoms with Crippen molar-refractivity contribution in [1.29, 1.82) is 0 Å². The number of fused-ring (bicyclic) bond motifs is 1. The fourth-order valence-electron chi connectivity index (χ4n) is 4.24. The summed E-state index contributed by atoms with van der Waals surface area (Å²) < 4.78 is 28.9. The third-order valence-corrected chi connectivity index (χ3v) is 10.9. The molecule has 5 rings (SSSR count). The minimum Gasteiger partial charge on any atom is -0.334 e. The fourth-order valence-corrected chi connectivity index (χ4v) is 8.50. The first-order valence-electron chi connectivity index (χ1n) is 10.4. The molecule has 7 nitrogen and oxygen atoms in total. The molecule has 0 bridgehead atoms. The Bertz CT molecular complexity index is 1260. The molecular formula is C21H23ClN4O3S3. The lowest BCUT2D eigenvalue weighted by Gasteiger charge is -2.33. The zero-order chi connectivity index (χ0) is 22.5. The van der Waals surface area contributed by atoms with Crippen molar-refractivity contribution < 1.29 is 13.2 Å². The van der Waals surface area contributed by atoms with E-state index in [2.05, 4.69) is 16.9 Å². The number of likely N-dealkylation sites (tertiary alicyclic amines) is 1. The molecule has 3 aromatic rings. The van der Waals surface area contributed by atoms with Gasteiger partial charge in [0, 0.05) is 59.4 Å². The lowest BCUT2D eigenvalue weighted by atomic mass is 10.1. The number of carbonyl (C=O) groups is 1. The third kappa shape index (κ3) is 4.20. The zero-order valence-electron chi connectivity index (χ0n) is 17.5. The SMILES string of the molecule is CN1CCC(c2cnc(C(=O)N3CCN(S(=O)(=O)c4cc5ccc(Cl)cc5s4)CC3)s2)C1. The Hall–Kier alpha value is -1.56. The molecule has 0 N–H and O–H groups in total. The largest absolute Gasteiger partial charge is 0.334 e. The number of amides is 1. The summed E-state index contributed by atoms with van der Waals surface area (Å²) in [6.45, 7) is 3.32. The number of hydrogen-bond donors (Lipinski definition) is 0. The van der Waals surface area contributed by atoms with E-state index in [-0.39, 0.29) is 19.0 Å². The van der Waals surface area contributed by atoms with Crippen molar-refractivity contribution in [3.8, 4) is 0 Å². The zero-order valence-corrected chi connectivity index (χ0v) is 20.7. The van der Waals surface area contributed by atoms with Crippen LogP contribution in [0.5, 0.6) is 0 Å². The summed E-state index contributed by atoms with van der Waals surface area (Å²) in [7, 11) is -1.50. The highest BCUT2D eigenvalue weighted by Gasteiger charge is 2.33. The molecule has 0 saturated carbocycles. The number of hydrogen-bond acceptors (Lipinski definition) is 7. The van der Waals surface area contributed by atoms with E-state index in [1.807, 2.05) is 12.3 Å². The summed E-state index contributed by atoms with van der Waals surface area (Å²) >= 11 is 8.73. The van der Waals surface area contributed by atoms with Crippen LogP contribution in [0.15, 0.2) is 34.7 Å². The van der Waals surface area contributed by atoms with Gasteiger partial charge in [-0.1, -0.05) is 17.7 Å². The first-order chi connectivity index (χ1) is 15.3. The summed E-state index contributed by atoms with van der Waals surface area (Å²) in [6.07, 6.45) is 2.92. The normalized spacial score (nSPS) is 20.9. The van der Waals surface area contributed by atoms with E-state index in [0.717, 1.165) is 34.5 Å². The Balaban J connectivity index is 1.25. The molecule has 170 valence electrons. The Morgan fingerprint density at radius 3 is 2.62 bits per heavy atom. The maximum absolute atomic E-state index is 13.2. The van der Waals surface area contributed by atoms with Gasteiger partial charge in [-0.05, 0) is 43.6 Å². The summed E-state index contributed by atoms with van der Waals surface area (Å²) in [5, 5.41) is 1.94. The van der Waals surface area contributed by atoms with E-state index in [0.29, 0.717) is 33.2 Å². The van der Waals surface area contributed by atoms with Crippen molar-refractivity contribution in [2.75, 3.05) is 46.3 Å². The Labute approximate surface area is 200 Å². The topological polar surface area (TPSA) is 73.8 Å². The van der Waals surface area contributed by atoms with Gasteiger partial charge >= 0.3 is 0 Å². The average molecular weight is 511 g/mol. The highest BCUT2D eigenvalue weighted by molar-refractivity contribution is 7.91. The number of piperazine rings is 1. The molecule has 2 fully saturated rings. The Kier molecular flexibility index (Phi) is 6.02. The van der Waals surface area contributed by atoms with Crippen LogP contribution in [0.1, 0.15) is 27.0 Å². The van der Waals surface area contributed by atoms with Crippen molar-refractivity contribution in [2.45, 2.75) is 16.5 Å². The van der Waals surface area contributed by atoms with Crippen LogP contribution in [-0.2, 0) is 10.0 Å². The van der Waals surface area contributed by atoms with E-state index in [4.69, 9.17) is 11.6 Å². The van der Waals surface area contributed by atoms with Gasteiger partial charge < -0.3 is 9.80 Å². The molecule has 1 amide bonds.